The average Bonchev–Trinajstić information content (AvgIpc) is 2.72. The molecule has 8 nitrogen and oxygen atoms in total. The van der Waals surface area contributed by atoms with Crippen LogP contribution in [0.1, 0.15) is 39.8 Å². The zero-order valence-corrected chi connectivity index (χ0v) is 17.0. The van der Waals surface area contributed by atoms with Crippen LogP contribution in [0, 0.1) is 11.6 Å². The quantitative estimate of drug-likeness (QED) is 0.641. The van der Waals surface area contributed by atoms with Gasteiger partial charge in [-0.15, -0.1) is 0 Å². The number of nitrogens with one attached hydrogen (secondary N) is 2. The molecule has 1 aromatic heterocycles. The first-order valence-corrected chi connectivity index (χ1v) is 9.56. The number of likely N-dealkylation sites (N-methyl/N-ethyl adjacent to an activating group) is 1. The van der Waals surface area contributed by atoms with Gasteiger partial charge in [0.05, 0.1) is 0 Å². The first-order chi connectivity index (χ1) is 14.7. The van der Waals surface area contributed by atoms with Crippen LogP contribution < -0.4 is 16.2 Å². The van der Waals surface area contributed by atoms with E-state index < -0.39 is 40.2 Å². The number of hydrogen-bond donors (Lipinski definition) is 3. The molecule has 31 heavy (non-hydrogen) atoms. The molecule has 2 heterocycles. The molecule has 0 radical (unpaired) electrons. The van der Waals surface area contributed by atoms with Crippen molar-refractivity contribution in [3.63, 3.8) is 0 Å². The van der Waals surface area contributed by atoms with Crippen molar-refractivity contribution >= 4 is 11.8 Å². The van der Waals surface area contributed by atoms with Crippen LogP contribution in [-0.4, -0.2) is 46.1 Å². The summed E-state index contributed by atoms with van der Waals surface area (Å²) < 4.78 is 28.0. The molecule has 164 valence electrons. The van der Waals surface area contributed by atoms with Crippen LogP contribution in [0.4, 0.5) is 8.78 Å². The lowest BCUT2D eigenvalue weighted by atomic mass is 10.1. The van der Waals surface area contributed by atoms with E-state index in [2.05, 4.69) is 10.7 Å². The van der Waals surface area contributed by atoms with Crippen LogP contribution in [0.5, 0.6) is 5.75 Å². The molecule has 1 aliphatic heterocycles. The van der Waals surface area contributed by atoms with Crippen molar-refractivity contribution in [2.24, 2.45) is 0 Å². The van der Waals surface area contributed by atoms with Gasteiger partial charge in [-0.3, -0.25) is 19.1 Å². The van der Waals surface area contributed by atoms with Crippen LogP contribution >= 0.6 is 0 Å². The van der Waals surface area contributed by atoms with Gasteiger partial charge in [0, 0.05) is 44.0 Å². The summed E-state index contributed by atoms with van der Waals surface area (Å²) >= 11 is 0. The van der Waals surface area contributed by atoms with E-state index in [9.17, 15) is 28.3 Å². The number of benzene rings is 1. The molecule has 0 unspecified atom stereocenters. The van der Waals surface area contributed by atoms with Gasteiger partial charge in [-0.25, -0.2) is 8.78 Å². The molecule has 10 heteroatoms. The maximum absolute atomic E-state index is 13.8. The molecule has 1 aromatic carbocycles. The van der Waals surface area contributed by atoms with Crippen molar-refractivity contribution in [1.29, 1.82) is 0 Å². The zero-order chi connectivity index (χ0) is 22.7. The fraction of sp³-hybridized carbons (Fsp3) is 0.286. The van der Waals surface area contributed by atoms with Crippen molar-refractivity contribution < 1.29 is 23.5 Å². The molecule has 0 fully saturated rings. The molecule has 1 aliphatic rings. The topological polar surface area (TPSA) is 104 Å². The van der Waals surface area contributed by atoms with E-state index in [0.717, 1.165) is 16.9 Å². The number of rotatable bonds is 3. The fourth-order valence-corrected chi connectivity index (χ4v) is 3.09. The minimum Gasteiger partial charge on any atom is -0.502 e. The number of hydrogen-bond acceptors (Lipinski definition) is 5. The summed E-state index contributed by atoms with van der Waals surface area (Å²) in [5.74, 6) is -3.97. The largest absolute Gasteiger partial charge is 0.502 e. The highest BCUT2D eigenvalue weighted by Gasteiger charge is 2.27. The van der Waals surface area contributed by atoms with Gasteiger partial charge in [0.25, 0.3) is 11.8 Å². The number of aromatic nitrogens is 1. The zero-order valence-electron chi connectivity index (χ0n) is 17.0. The third kappa shape index (κ3) is 4.73. The molecule has 0 saturated carbocycles. The fourth-order valence-electron chi connectivity index (χ4n) is 3.09. The Labute approximate surface area is 176 Å². The lowest BCUT2D eigenvalue weighted by Gasteiger charge is -2.25. The van der Waals surface area contributed by atoms with E-state index in [4.69, 9.17) is 0 Å². The standard InChI is InChI=1S/C21H22F2N4O4/c1-12-5-3-4-8-26(2)21(31)17-19(29)18(28)15(11-27(17)25-12)20(30)24-10-13-6-7-14(22)9-16(13)23/h3-4,6-7,9,11-12,25,29H,5,8,10H2,1-2H3,(H,24,30)/b4-3-/t12-/m0/s1. The molecule has 0 bridgehead atoms. The number of amides is 2. The SMILES string of the molecule is C[C@H]1C/C=C\CN(C)C(=O)c2c(O)c(=O)c(C(=O)NCc3ccc(F)cc3F)cn2N1. The summed E-state index contributed by atoms with van der Waals surface area (Å²) in [6.45, 7) is 1.81. The number of pyridine rings is 1. The summed E-state index contributed by atoms with van der Waals surface area (Å²) in [5.41, 5.74) is 1.22. The van der Waals surface area contributed by atoms with E-state index in [0.29, 0.717) is 12.5 Å². The highest BCUT2D eigenvalue weighted by molar-refractivity contribution is 5.98. The highest BCUT2D eigenvalue weighted by atomic mass is 19.1. The van der Waals surface area contributed by atoms with Crippen molar-refractivity contribution in [2.45, 2.75) is 25.9 Å². The van der Waals surface area contributed by atoms with Crippen LogP contribution in [-0.2, 0) is 6.54 Å². The molecule has 0 spiro atoms. The minimum atomic E-state index is -1.04. The molecule has 2 aromatic rings. The summed E-state index contributed by atoms with van der Waals surface area (Å²) in [6, 6.07) is 2.72. The van der Waals surface area contributed by atoms with Crippen LogP contribution in [0.15, 0.2) is 41.3 Å². The maximum Gasteiger partial charge on any atom is 0.276 e. The Bertz CT molecular complexity index is 1110. The first-order valence-electron chi connectivity index (χ1n) is 9.56. The summed E-state index contributed by atoms with van der Waals surface area (Å²) in [7, 11) is 1.52. The Morgan fingerprint density at radius 1 is 1.29 bits per heavy atom. The number of carbonyl (C=O) groups is 2. The molecule has 3 rings (SSSR count). The summed E-state index contributed by atoms with van der Waals surface area (Å²) in [5, 5.41) is 12.8. The van der Waals surface area contributed by atoms with Crippen LogP contribution in [0.3, 0.4) is 0 Å². The first kappa shape index (κ1) is 22.0. The van der Waals surface area contributed by atoms with E-state index in [1.54, 1.807) is 6.08 Å². The number of carbonyl (C=O) groups excluding carboxylic acids is 2. The predicted molar refractivity (Wildman–Crippen MR) is 109 cm³/mol. The monoisotopic (exact) mass is 432 g/mol. The van der Waals surface area contributed by atoms with Gasteiger partial charge < -0.3 is 20.7 Å². The Hall–Kier alpha value is -3.69. The van der Waals surface area contributed by atoms with Gasteiger partial charge in [0.1, 0.15) is 17.2 Å². The number of halogens is 2. The second-order valence-electron chi connectivity index (χ2n) is 7.28. The van der Waals surface area contributed by atoms with Gasteiger partial charge in [-0.2, -0.15) is 0 Å². The van der Waals surface area contributed by atoms with E-state index in [-0.39, 0.29) is 30.4 Å². The van der Waals surface area contributed by atoms with Crippen molar-refractivity contribution in [3.8, 4) is 5.75 Å². The van der Waals surface area contributed by atoms with E-state index in [1.807, 2.05) is 13.0 Å². The minimum absolute atomic E-state index is 0.0217. The molecule has 1 atom stereocenters. The third-order valence-electron chi connectivity index (χ3n) is 4.83. The predicted octanol–water partition coefficient (Wildman–Crippen LogP) is 1.73. The second kappa shape index (κ2) is 8.99. The molecule has 0 aliphatic carbocycles. The number of fused-ring (bicyclic) bond motifs is 1. The van der Waals surface area contributed by atoms with Gasteiger partial charge in [-0.05, 0) is 19.4 Å². The van der Waals surface area contributed by atoms with Gasteiger partial charge in [-0.1, -0.05) is 18.2 Å². The van der Waals surface area contributed by atoms with Gasteiger partial charge in [0.15, 0.2) is 11.4 Å². The second-order valence-corrected chi connectivity index (χ2v) is 7.28. The Morgan fingerprint density at radius 3 is 2.74 bits per heavy atom. The normalized spacial score (nSPS) is 17.5. The Kier molecular flexibility index (Phi) is 6.38. The van der Waals surface area contributed by atoms with Gasteiger partial charge >= 0.3 is 0 Å². The smallest absolute Gasteiger partial charge is 0.276 e. The lowest BCUT2D eigenvalue weighted by molar-refractivity contribution is 0.0794. The van der Waals surface area contributed by atoms with Crippen LogP contribution in [0.25, 0.3) is 0 Å². The number of nitrogens with zero attached hydrogens (tertiary/aromatic N) is 2. The summed E-state index contributed by atoms with van der Waals surface area (Å²) in [4.78, 5) is 39.3. The van der Waals surface area contributed by atoms with E-state index in [1.165, 1.54) is 18.0 Å². The van der Waals surface area contributed by atoms with Crippen molar-refractivity contribution in [3.05, 3.63) is 75.2 Å². The van der Waals surface area contributed by atoms with Crippen LogP contribution in [0.2, 0.25) is 0 Å². The average molecular weight is 432 g/mol. The maximum atomic E-state index is 13.8. The third-order valence-corrected chi connectivity index (χ3v) is 4.83. The van der Waals surface area contributed by atoms with E-state index >= 15 is 0 Å². The van der Waals surface area contributed by atoms with Crippen molar-refractivity contribution in [2.75, 3.05) is 19.0 Å². The van der Waals surface area contributed by atoms with Crippen molar-refractivity contribution in [1.82, 2.24) is 14.9 Å². The molecule has 0 saturated heterocycles. The number of aromatic hydroxyl groups is 1. The van der Waals surface area contributed by atoms with Gasteiger partial charge in [0.2, 0.25) is 5.43 Å². The lowest BCUT2D eigenvalue weighted by Crippen LogP contribution is -2.39. The molecule has 2 amide bonds. The molecule has 3 N–H and O–H groups in total. The highest BCUT2D eigenvalue weighted by Crippen LogP contribution is 2.17. The Balaban J connectivity index is 1.96. The molecular weight excluding hydrogens is 410 g/mol. The molecular formula is C21H22F2N4O4. The summed E-state index contributed by atoms with van der Waals surface area (Å²) in [6.07, 6.45) is 5.41. The Morgan fingerprint density at radius 2 is 2.03 bits per heavy atom.